The average Bonchev–Trinajstić information content (AvgIpc) is 3.24. The summed E-state index contributed by atoms with van der Waals surface area (Å²) in [7, 11) is 1.63. The molecular weight excluding hydrogens is 302 g/mol. The third kappa shape index (κ3) is 3.15. The zero-order chi connectivity index (χ0) is 15.4. The van der Waals surface area contributed by atoms with E-state index >= 15 is 0 Å². The van der Waals surface area contributed by atoms with Crippen LogP contribution in [0, 0.1) is 0 Å². The molecule has 0 radical (unpaired) electrons. The maximum atomic E-state index is 11.7. The number of rotatable bonds is 5. The first-order chi connectivity index (χ1) is 10.8. The van der Waals surface area contributed by atoms with Gasteiger partial charge < -0.3 is 9.47 Å². The van der Waals surface area contributed by atoms with Gasteiger partial charge in [0.1, 0.15) is 23.1 Å². The summed E-state index contributed by atoms with van der Waals surface area (Å²) in [5.41, 5.74) is 2.03. The van der Waals surface area contributed by atoms with Crippen molar-refractivity contribution in [3.05, 3.63) is 53.3 Å². The molecule has 22 heavy (non-hydrogen) atoms. The van der Waals surface area contributed by atoms with Gasteiger partial charge in [0.05, 0.1) is 12.8 Å². The maximum absolute atomic E-state index is 11.7. The standard InChI is InChI=1S/C15H13N3O3S/c1-20-12-4-2-10(3-5-12)14-17-11(9-22-14)8-21-15(19)13-6-7-16-18-13/h2-7,9H,8H2,1H3,(H,16,18). The fourth-order valence-corrected chi connectivity index (χ4v) is 2.64. The van der Waals surface area contributed by atoms with Crippen molar-refractivity contribution in [1.29, 1.82) is 0 Å². The molecule has 0 atom stereocenters. The first-order valence-corrected chi connectivity index (χ1v) is 7.39. The fraction of sp³-hybridized carbons (Fsp3) is 0.133. The molecule has 1 aromatic carbocycles. The van der Waals surface area contributed by atoms with Gasteiger partial charge in [-0.25, -0.2) is 9.78 Å². The normalized spacial score (nSPS) is 10.4. The minimum absolute atomic E-state index is 0.129. The first-order valence-electron chi connectivity index (χ1n) is 6.51. The van der Waals surface area contributed by atoms with Gasteiger partial charge in [0, 0.05) is 17.1 Å². The summed E-state index contributed by atoms with van der Waals surface area (Å²) in [4.78, 5) is 16.2. The molecule has 0 unspecified atom stereocenters. The largest absolute Gasteiger partial charge is 0.497 e. The third-order valence-corrected chi connectivity index (χ3v) is 3.90. The van der Waals surface area contributed by atoms with Crippen molar-refractivity contribution in [2.75, 3.05) is 7.11 Å². The van der Waals surface area contributed by atoms with E-state index in [4.69, 9.17) is 9.47 Å². The number of carbonyl (C=O) groups excluding carboxylic acids is 1. The Morgan fingerprint density at radius 1 is 1.27 bits per heavy atom. The molecule has 2 heterocycles. The second-order valence-corrected chi connectivity index (χ2v) is 5.28. The van der Waals surface area contributed by atoms with Crippen LogP contribution < -0.4 is 4.74 Å². The number of methoxy groups -OCH3 is 1. The van der Waals surface area contributed by atoms with Crippen LogP contribution in [0.5, 0.6) is 5.75 Å². The Balaban J connectivity index is 1.64. The molecule has 0 amide bonds. The third-order valence-electron chi connectivity index (χ3n) is 2.96. The van der Waals surface area contributed by atoms with Gasteiger partial charge in [-0.2, -0.15) is 5.10 Å². The van der Waals surface area contributed by atoms with Gasteiger partial charge in [0.25, 0.3) is 0 Å². The molecule has 0 bridgehead atoms. The lowest BCUT2D eigenvalue weighted by Gasteiger charge is -2.01. The van der Waals surface area contributed by atoms with Crippen molar-refractivity contribution in [3.8, 4) is 16.3 Å². The number of H-pyrrole nitrogens is 1. The van der Waals surface area contributed by atoms with E-state index in [0.717, 1.165) is 16.3 Å². The van der Waals surface area contributed by atoms with Crippen molar-refractivity contribution < 1.29 is 14.3 Å². The Hall–Kier alpha value is -2.67. The van der Waals surface area contributed by atoms with E-state index in [9.17, 15) is 4.79 Å². The van der Waals surface area contributed by atoms with Crippen LogP contribution in [0.15, 0.2) is 41.9 Å². The van der Waals surface area contributed by atoms with E-state index in [1.54, 1.807) is 13.2 Å². The van der Waals surface area contributed by atoms with E-state index < -0.39 is 5.97 Å². The number of benzene rings is 1. The minimum atomic E-state index is -0.448. The number of hydrogen-bond acceptors (Lipinski definition) is 6. The summed E-state index contributed by atoms with van der Waals surface area (Å²) in [5.74, 6) is 0.352. The fourth-order valence-electron chi connectivity index (χ4n) is 1.83. The highest BCUT2D eigenvalue weighted by molar-refractivity contribution is 7.13. The maximum Gasteiger partial charge on any atom is 0.356 e. The molecule has 0 saturated carbocycles. The Bertz CT molecular complexity index is 751. The number of nitrogens with one attached hydrogen (secondary N) is 1. The van der Waals surface area contributed by atoms with E-state index in [1.165, 1.54) is 17.5 Å². The smallest absolute Gasteiger partial charge is 0.356 e. The summed E-state index contributed by atoms with van der Waals surface area (Å²) >= 11 is 1.50. The molecule has 7 heteroatoms. The lowest BCUT2D eigenvalue weighted by molar-refractivity contribution is 0.0461. The second kappa shape index (κ2) is 6.40. The predicted octanol–water partition coefficient (Wildman–Crippen LogP) is 2.90. The zero-order valence-corrected chi connectivity index (χ0v) is 12.6. The van der Waals surface area contributed by atoms with Crippen LogP contribution in [0.25, 0.3) is 10.6 Å². The molecule has 3 aromatic rings. The Labute approximate surface area is 130 Å². The number of aromatic nitrogens is 3. The molecular formula is C15H13N3O3S. The van der Waals surface area contributed by atoms with Crippen LogP contribution in [0.3, 0.4) is 0 Å². The monoisotopic (exact) mass is 315 g/mol. The molecule has 3 rings (SSSR count). The summed E-state index contributed by atoms with van der Waals surface area (Å²) in [6, 6.07) is 9.21. The molecule has 0 aliphatic heterocycles. The van der Waals surface area contributed by atoms with Crippen molar-refractivity contribution >= 4 is 17.3 Å². The minimum Gasteiger partial charge on any atom is -0.497 e. The number of hydrogen-bond donors (Lipinski definition) is 1. The van der Waals surface area contributed by atoms with E-state index in [0.29, 0.717) is 11.4 Å². The molecule has 0 saturated heterocycles. The second-order valence-electron chi connectivity index (χ2n) is 4.42. The number of esters is 1. The van der Waals surface area contributed by atoms with Crippen molar-refractivity contribution in [3.63, 3.8) is 0 Å². The highest BCUT2D eigenvalue weighted by Crippen LogP contribution is 2.25. The van der Waals surface area contributed by atoms with Crippen LogP contribution in [0.2, 0.25) is 0 Å². The highest BCUT2D eigenvalue weighted by atomic mass is 32.1. The number of carbonyl (C=O) groups is 1. The van der Waals surface area contributed by atoms with Crippen molar-refractivity contribution in [1.82, 2.24) is 15.2 Å². The number of thiazole rings is 1. The molecule has 0 aliphatic carbocycles. The van der Waals surface area contributed by atoms with E-state index in [1.807, 2.05) is 29.6 Å². The first kappa shape index (κ1) is 14.3. The van der Waals surface area contributed by atoms with Crippen LogP contribution in [0.1, 0.15) is 16.2 Å². The number of ether oxygens (including phenoxy) is 2. The Morgan fingerprint density at radius 2 is 2.09 bits per heavy atom. The predicted molar refractivity (Wildman–Crippen MR) is 81.8 cm³/mol. The van der Waals surface area contributed by atoms with Crippen molar-refractivity contribution in [2.45, 2.75) is 6.61 Å². The van der Waals surface area contributed by atoms with Crippen LogP contribution in [0.4, 0.5) is 0 Å². The Kier molecular flexibility index (Phi) is 4.15. The number of nitrogens with zero attached hydrogens (tertiary/aromatic N) is 2. The molecule has 0 spiro atoms. The summed E-state index contributed by atoms with van der Waals surface area (Å²) < 4.78 is 10.3. The van der Waals surface area contributed by atoms with Crippen molar-refractivity contribution in [2.24, 2.45) is 0 Å². The highest BCUT2D eigenvalue weighted by Gasteiger charge is 2.10. The van der Waals surface area contributed by atoms with Gasteiger partial charge >= 0.3 is 5.97 Å². The molecule has 6 nitrogen and oxygen atoms in total. The van der Waals surface area contributed by atoms with E-state index in [2.05, 4.69) is 15.2 Å². The van der Waals surface area contributed by atoms with Crippen LogP contribution in [-0.2, 0) is 11.3 Å². The van der Waals surface area contributed by atoms with Gasteiger partial charge in [-0.15, -0.1) is 11.3 Å². The quantitative estimate of drug-likeness (QED) is 0.733. The van der Waals surface area contributed by atoms with Gasteiger partial charge in [0.2, 0.25) is 0 Å². The van der Waals surface area contributed by atoms with Crippen LogP contribution in [-0.4, -0.2) is 28.3 Å². The Morgan fingerprint density at radius 3 is 2.77 bits per heavy atom. The topological polar surface area (TPSA) is 77.1 Å². The summed E-state index contributed by atoms with van der Waals surface area (Å²) in [6.07, 6.45) is 1.50. The summed E-state index contributed by atoms with van der Waals surface area (Å²) in [5, 5.41) is 9.01. The van der Waals surface area contributed by atoms with Crippen LogP contribution >= 0.6 is 11.3 Å². The van der Waals surface area contributed by atoms with Gasteiger partial charge in [-0.1, -0.05) is 0 Å². The number of aromatic amines is 1. The summed E-state index contributed by atoms with van der Waals surface area (Å²) in [6.45, 7) is 0.129. The molecule has 0 fully saturated rings. The molecule has 112 valence electrons. The van der Waals surface area contributed by atoms with Gasteiger partial charge in [-0.3, -0.25) is 5.10 Å². The zero-order valence-electron chi connectivity index (χ0n) is 11.8. The van der Waals surface area contributed by atoms with Gasteiger partial charge in [0.15, 0.2) is 0 Å². The lowest BCUT2D eigenvalue weighted by atomic mass is 10.2. The lowest BCUT2D eigenvalue weighted by Crippen LogP contribution is -2.05. The average molecular weight is 315 g/mol. The SMILES string of the molecule is COc1ccc(-c2nc(COC(=O)c3ccn[nH]3)cs2)cc1. The van der Waals surface area contributed by atoms with E-state index in [-0.39, 0.29) is 6.61 Å². The molecule has 0 aliphatic rings. The molecule has 2 aromatic heterocycles. The van der Waals surface area contributed by atoms with Gasteiger partial charge in [-0.05, 0) is 30.3 Å². The molecule has 1 N–H and O–H groups in total.